The molecule has 0 saturated carbocycles. The normalized spacial score (nSPS) is 10.6. The van der Waals surface area contributed by atoms with Crippen LogP contribution in [0.5, 0.6) is 0 Å². The number of nitrogens with zero attached hydrogens (tertiary/aromatic N) is 4. The summed E-state index contributed by atoms with van der Waals surface area (Å²) in [4.78, 5) is 24.2. The van der Waals surface area contributed by atoms with Crippen LogP contribution >= 0.6 is 11.6 Å². The van der Waals surface area contributed by atoms with Gasteiger partial charge in [0.15, 0.2) is 5.69 Å². The smallest absolute Gasteiger partial charge is 0.343 e. The van der Waals surface area contributed by atoms with E-state index in [4.69, 9.17) is 16.3 Å². The van der Waals surface area contributed by atoms with Crippen LogP contribution in [0.3, 0.4) is 0 Å². The third-order valence-electron chi connectivity index (χ3n) is 3.14. The molecule has 2 aromatic heterocycles. The number of hydrogen-bond acceptors (Lipinski definition) is 5. The van der Waals surface area contributed by atoms with E-state index in [2.05, 4.69) is 15.5 Å². The SMILES string of the molecule is CCOC(=O)c1cnn(C)c1NC(=O)c1nn(C)c(C)c1Cl. The number of hydrogen-bond donors (Lipinski definition) is 1. The highest BCUT2D eigenvalue weighted by atomic mass is 35.5. The Labute approximate surface area is 132 Å². The highest BCUT2D eigenvalue weighted by Gasteiger charge is 2.23. The molecule has 0 aliphatic heterocycles. The molecule has 0 saturated heterocycles. The Morgan fingerprint density at radius 2 is 2.05 bits per heavy atom. The van der Waals surface area contributed by atoms with Crippen molar-refractivity contribution >= 4 is 29.3 Å². The van der Waals surface area contributed by atoms with E-state index in [1.807, 2.05) is 0 Å². The van der Waals surface area contributed by atoms with Crippen LogP contribution in [0.4, 0.5) is 5.82 Å². The van der Waals surface area contributed by atoms with Gasteiger partial charge in [0.05, 0.1) is 23.5 Å². The first-order valence-corrected chi connectivity index (χ1v) is 6.94. The molecule has 8 nitrogen and oxygen atoms in total. The lowest BCUT2D eigenvalue weighted by Gasteiger charge is -2.07. The minimum absolute atomic E-state index is 0.0812. The van der Waals surface area contributed by atoms with E-state index < -0.39 is 11.9 Å². The second-order valence-corrected chi connectivity index (χ2v) is 4.95. The molecule has 0 aliphatic carbocycles. The summed E-state index contributed by atoms with van der Waals surface area (Å²) in [5.41, 5.74) is 0.918. The largest absolute Gasteiger partial charge is 0.462 e. The molecular weight excluding hydrogens is 310 g/mol. The van der Waals surface area contributed by atoms with Gasteiger partial charge in [-0.05, 0) is 13.8 Å². The first kappa shape index (κ1) is 16.0. The van der Waals surface area contributed by atoms with Crippen molar-refractivity contribution in [3.05, 3.63) is 28.2 Å². The van der Waals surface area contributed by atoms with E-state index in [1.54, 1.807) is 27.9 Å². The van der Waals surface area contributed by atoms with Crippen molar-refractivity contribution in [2.24, 2.45) is 14.1 Å². The first-order chi connectivity index (χ1) is 10.4. The average molecular weight is 326 g/mol. The second-order valence-electron chi connectivity index (χ2n) is 4.58. The highest BCUT2D eigenvalue weighted by molar-refractivity contribution is 6.34. The summed E-state index contributed by atoms with van der Waals surface area (Å²) in [6.07, 6.45) is 1.33. The topological polar surface area (TPSA) is 91.0 Å². The summed E-state index contributed by atoms with van der Waals surface area (Å²) in [6, 6.07) is 0. The Bertz CT molecular complexity index is 734. The molecule has 0 aliphatic rings. The Balaban J connectivity index is 2.31. The van der Waals surface area contributed by atoms with Gasteiger partial charge in [-0.3, -0.25) is 14.2 Å². The van der Waals surface area contributed by atoms with Gasteiger partial charge in [0.25, 0.3) is 5.91 Å². The number of ether oxygens (including phenoxy) is 1. The summed E-state index contributed by atoms with van der Waals surface area (Å²) in [6.45, 7) is 3.68. The second kappa shape index (κ2) is 6.18. The standard InChI is InChI=1S/C13H16ClN5O3/c1-5-22-13(21)8-6-15-19(4)11(8)16-12(20)10-9(14)7(2)18(3)17-10/h6H,5H2,1-4H3,(H,16,20). The predicted octanol–water partition coefficient (Wildman–Crippen LogP) is 1.54. The van der Waals surface area contributed by atoms with E-state index in [-0.39, 0.29) is 28.7 Å². The monoisotopic (exact) mass is 325 g/mol. The van der Waals surface area contributed by atoms with Crippen molar-refractivity contribution < 1.29 is 14.3 Å². The van der Waals surface area contributed by atoms with Gasteiger partial charge < -0.3 is 10.1 Å². The van der Waals surface area contributed by atoms with E-state index in [9.17, 15) is 9.59 Å². The number of rotatable bonds is 4. The molecule has 0 spiro atoms. The first-order valence-electron chi connectivity index (χ1n) is 6.56. The third kappa shape index (κ3) is 2.82. The van der Waals surface area contributed by atoms with Crippen LogP contribution in [-0.2, 0) is 18.8 Å². The van der Waals surface area contributed by atoms with E-state index in [0.29, 0.717) is 5.69 Å². The maximum absolute atomic E-state index is 12.3. The number of anilines is 1. The molecular formula is C13H16ClN5O3. The molecule has 0 aromatic carbocycles. The zero-order valence-corrected chi connectivity index (χ0v) is 13.4. The highest BCUT2D eigenvalue weighted by Crippen LogP contribution is 2.22. The fourth-order valence-corrected chi connectivity index (χ4v) is 2.08. The number of esters is 1. The maximum Gasteiger partial charge on any atom is 0.343 e. The van der Waals surface area contributed by atoms with E-state index in [1.165, 1.54) is 15.6 Å². The van der Waals surface area contributed by atoms with Gasteiger partial charge in [-0.25, -0.2) is 4.79 Å². The lowest BCUT2D eigenvalue weighted by Crippen LogP contribution is -2.18. The number of carbonyl (C=O) groups excluding carboxylic acids is 2. The summed E-state index contributed by atoms with van der Waals surface area (Å²) in [5, 5.41) is 10.9. The number of aryl methyl sites for hydroxylation is 2. The van der Waals surface area contributed by atoms with Crippen LogP contribution in [0, 0.1) is 6.92 Å². The summed E-state index contributed by atoms with van der Waals surface area (Å²) in [5.74, 6) is -0.861. The van der Waals surface area contributed by atoms with Crippen molar-refractivity contribution in [3.63, 3.8) is 0 Å². The zero-order valence-electron chi connectivity index (χ0n) is 12.7. The number of aromatic nitrogens is 4. The molecule has 22 heavy (non-hydrogen) atoms. The van der Waals surface area contributed by atoms with Crippen LogP contribution < -0.4 is 5.32 Å². The van der Waals surface area contributed by atoms with Gasteiger partial charge in [0, 0.05) is 14.1 Å². The number of nitrogens with one attached hydrogen (secondary N) is 1. The van der Waals surface area contributed by atoms with Gasteiger partial charge in [0.1, 0.15) is 11.4 Å². The zero-order chi connectivity index (χ0) is 16.4. The molecule has 0 bridgehead atoms. The van der Waals surface area contributed by atoms with Crippen molar-refractivity contribution in [3.8, 4) is 0 Å². The molecule has 0 atom stereocenters. The summed E-state index contributed by atoms with van der Waals surface area (Å²) >= 11 is 6.08. The minimum Gasteiger partial charge on any atom is -0.462 e. The molecule has 118 valence electrons. The lowest BCUT2D eigenvalue weighted by molar-refractivity contribution is 0.0527. The summed E-state index contributed by atoms with van der Waals surface area (Å²) < 4.78 is 7.80. The minimum atomic E-state index is -0.561. The van der Waals surface area contributed by atoms with Gasteiger partial charge in [-0.1, -0.05) is 11.6 Å². The molecule has 2 aromatic rings. The van der Waals surface area contributed by atoms with Crippen molar-refractivity contribution in [1.82, 2.24) is 19.6 Å². The number of amides is 1. The Kier molecular flexibility index (Phi) is 4.51. The van der Waals surface area contributed by atoms with Crippen LogP contribution in [0.15, 0.2) is 6.20 Å². The predicted molar refractivity (Wildman–Crippen MR) is 80.1 cm³/mol. The summed E-state index contributed by atoms with van der Waals surface area (Å²) in [7, 11) is 3.29. The Morgan fingerprint density at radius 3 is 2.59 bits per heavy atom. The fourth-order valence-electron chi connectivity index (χ4n) is 1.84. The molecule has 2 heterocycles. The molecule has 9 heteroatoms. The van der Waals surface area contributed by atoms with Crippen LogP contribution in [0.1, 0.15) is 33.5 Å². The molecule has 1 amide bonds. The number of carbonyl (C=O) groups is 2. The Hall–Kier alpha value is -2.35. The quantitative estimate of drug-likeness (QED) is 0.861. The Morgan fingerprint density at radius 1 is 1.36 bits per heavy atom. The third-order valence-corrected chi connectivity index (χ3v) is 3.59. The van der Waals surface area contributed by atoms with Gasteiger partial charge in [-0.15, -0.1) is 0 Å². The van der Waals surface area contributed by atoms with Crippen molar-refractivity contribution in [1.29, 1.82) is 0 Å². The van der Waals surface area contributed by atoms with Crippen LogP contribution in [0.25, 0.3) is 0 Å². The van der Waals surface area contributed by atoms with Gasteiger partial charge in [0.2, 0.25) is 0 Å². The van der Waals surface area contributed by atoms with Crippen molar-refractivity contribution in [2.75, 3.05) is 11.9 Å². The van der Waals surface area contributed by atoms with Crippen LogP contribution in [0.2, 0.25) is 5.02 Å². The van der Waals surface area contributed by atoms with Crippen molar-refractivity contribution in [2.45, 2.75) is 13.8 Å². The average Bonchev–Trinajstić information content (AvgIpc) is 2.95. The van der Waals surface area contributed by atoms with E-state index >= 15 is 0 Å². The number of halogens is 1. The molecule has 1 N–H and O–H groups in total. The molecule has 2 rings (SSSR count). The van der Waals surface area contributed by atoms with Gasteiger partial charge >= 0.3 is 5.97 Å². The molecule has 0 unspecified atom stereocenters. The lowest BCUT2D eigenvalue weighted by atomic mass is 10.3. The maximum atomic E-state index is 12.3. The van der Waals surface area contributed by atoms with Crippen LogP contribution in [-0.4, -0.2) is 38.0 Å². The molecule has 0 radical (unpaired) electrons. The van der Waals surface area contributed by atoms with E-state index in [0.717, 1.165) is 0 Å². The fraction of sp³-hybridized carbons (Fsp3) is 0.385. The molecule has 0 fully saturated rings. The van der Waals surface area contributed by atoms with Gasteiger partial charge in [-0.2, -0.15) is 10.2 Å².